The van der Waals surface area contributed by atoms with Crippen LogP contribution in [0.1, 0.15) is 62.5 Å². The van der Waals surface area contributed by atoms with Crippen LogP contribution in [0.4, 0.5) is 40.4 Å². The lowest BCUT2D eigenvalue weighted by Crippen LogP contribution is -2.47. The van der Waals surface area contributed by atoms with Gasteiger partial charge in [-0.3, -0.25) is 19.7 Å². The Morgan fingerprint density at radius 3 is 2.30 bits per heavy atom. The zero-order valence-electron chi connectivity index (χ0n) is 31.5. The quantitative estimate of drug-likeness (QED) is 0.167. The van der Waals surface area contributed by atoms with E-state index < -0.39 is 29.3 Å². The number of nitrogens with one attached hydrogen (secondary N) is 3. The second-order valence-electron chi connectivity index (χ2n) is 15.3. The first kappa shape index (κ1) is 39.8. The Hall–Kier alpha value is -5.43. The summed E-state index contributed by atoms with van der Waals surface area (Å²) in [6.45, 7) is 5.16. The number of carbonyl (C=O) groups excluding carboxylic acids is 3. The average molecular weight is 791 g/mol. The van der Waals surface area contributed by atoms with Gasteiger partial charge in [-0.25, -0.2) is 9.37 Å². The van der Waals surface area contributed by atoms with Crippen molar-refractivity contribution in [2.24, 2.45) is 11.8 Å². The molecule has 1 aromatic heterocycles. The minimum Gasteiger partial charge on any atom is -0.489 e. The third-order valence-corrected chi connectivity index (χ3v) is 11.5. The number of likely N-dealkylation sites (tertiary alicyclic amines) is 1. The third-order valence-electron chi connectivity index (χ3n) is 11.5. The minimum absolute atomic E-state index is 0.0502. The second-order valence-corrected chi connectivity index (χ2v) is 15.3. The SMILES string of the molecule is N#Cc1ccc(N2CCC(C(=O)Nc3ccc(OC4CCN(CC5CCN(c6ccc(NC7CCC(=O)NC7=O)cc6F)CC5)CC4)cn3)CC2)cc1C(F)(F)F. The van der Waals surface area contributed by atoms with Gasteiger partial charge in [0, 0.05) is 69.5 Å². The molecule has 1 unspecified atom stereocenters. The van der Waals surface area contributed by atoms with Crippen LogP contribution in [0.3, 0.4) is 0 Å². The first-order valence-corrected chi connectivity index (χ1v) is 19.6. The number of carbonyl (C=O) groups is 3. The molecule has 302 valence electrons. The van der Waals surface area contributed by atoms with Gasteiger partial charge in [0.25, 0.3) is 0 Å². The van der Waals surface area contributed by atoms with Gasteiger partial charge in [0.2, 0.25) is 17.7 Å². The Kier molecular flexibility index (Phi) is 12.1. The van der Waals surface area contributed by atoms with E-state index in [0.29, 0.717) is 66.9 Å². The molecule has 4 saturated heterocycles. The molecular formula is C41H46F4N8O4. The molecule has 3 aromatic rings. The molecule has 4 fully saturated rings. The number of alkyl halides is 3. The Bertz CT molecular complexity index is 1970. The molecule has 5 heterocycles. The number of benzene rings is 2. The highest BCUT2D eigenvalue weighted by Gasteiger charge is 2.35. The lowest BCUT2D eigenvalue weighted by atomic mass is 9.94. The molecule has 7 rings (SSSR count). The van der Waals surface area contributed by atoms with Crippen LogP contribution in [0.15, 0.2) is 54.7 Å². The fraction of sp³-hybridized carbons (Fsp3) is 0.488. The molecule has 0 bridgehead atoms. The van der Waals surface area contributed by atoms with Gasteiger partial charge in [-0.15, -0.1) is 0 Å². The number of anilines is 4. The fourth-order valence-electron chi connectivity index (χ4n) is 8.22. The molecule has 0 spiro atoms. The van der Waals surface area contributed by atoms with Gasteiger partial charge in [-0.1, -0.05) is 0 Å². The van der Waals surface area contributed by atoms with E-state index in [-0.39, 0.29) is 36.1 Å². The number of amides is 3. The Balaban J connectivity index is 0.796. The molecule has 3 amide bonds. The van der Waals surface area contributed by atoms with Crippen LogP contribution in [0.5, 0.6) is 5.75 Å². The molecule has 16 heteroatoms. The minimum atomic E-state index is -4.63. The Labute approximate surface area is 328 Å². The normalized spacial score (nSPS) is 20.5. The molecular weight excluding hydrogens is 744 g/mol. The van der Waals surface area contributed by atoms with Crippen molar-refractivity contribution in [2.75, 3.05) is 66.2 Å². The zero-order valence-corrected chi connectivity index (χ0v) is 31.5. The van der Waals surface area contributed by atoms with Crippen LogP contribution in [-0.4, -0.2) is 85.6 Å². The van der Waals surface area contributed by atoms with E-state index in [1.54, 1.807) is 41.4 Å². The second kappa shape index (κ2) is 17.4. The van der Waals surface area contributed by atoms with Crippen LogP contribution in [0, 0.1) is 29.0 Å². The summed E-state index contributed by atoms with van der Waals surface area (Å²) in [5, 5.41) is 17.3. The van der Waals surface area contributed by atoms with Crippen LogP contribution in [0.2, 0.25) is 0 Å². The molecule has 0 radical (unpaired) electrons. The summed E-state index contributed by atoms with van der Waals surface area (Å²) in [6.07, 6.45) is 2.27. The van der Waals surface area contributed by atoms with Gasteiger partial charge in [0.15, 0.2) is 0 Å². The Morgan fingerprint density at radius 1 is 0.912 bits per heavy atom. The van der Waals surface area contributed by atoms with Gasteiger partial charge in [0.05, 0.1) is 29.1 Å². The topological polar surface area (TPSA) is 143 Å². The highest BCUT2D eigenvalue weighted by molar-refractivity contribution is 6.01. The van der Waals surface area contributed by atoms with E-state index in [1.807, 2.05) is 0 Å². The smallest absolute Gasteiger partial charge is 0.417 e. The van der Waals surface area contributed by atoms with Crippen LogP contribution >= 0.6 is 0 Å². The summed E-state index contributed by atoms with van der Waals surface area (Å²) in [5.41, 5.74) is 0.0699. The monoisotopic (exact) mass is 790 g/mol. The summed E-state index contributed by atoms with van der Waals surface area (Å²) in [7, 11) is 0. The number of hydrogen-bond donors (Lipinski definition) is 3. The van der Waals surface area contributed by atoms with Crippen molar-refractivity contribution in [2.45, 2.75) is 69.7 Å². The summed E-state index contributed by atoms with van der Waals surface area (Å²) in [5.74, 6) is 0.0254. The van der Waals surface area contributed by atoms with Crippen molar-refractivity contribution in [3.05, 3.63) is 71.7 Å². The van der Waals surface area contributed by atoms with Crippen molar-refractivity contribution in [1.29, 1.82) is 5.26 Å². The molecule has 4 aliphatic rings. The fourth-order valence-corrected chi connectivity index (χ4v) is 8.22. The van der Waals surface area contributed by atoms with E-state index in [0.717, 1.165) is 64.5 Å². The molecule has 2 aromatic carbocycles. The van der Waals surface area contributed by atoms with Gasteiger partial charge >= 0.3 is 6.18 Å². The summed E-state index contributed by atoms with van der Waals surface area (Å²) in [6, 6.07) is 13.2. The van der Waals surface area contributed by atoms with Gasteiger partial charge in [0.1, 0.15) is 29.5 Å². The molecule has 12 nitrogen and oxygen atoms in total. The number of ether oxygens (including phenoxy) is 1. The largest absolute Gasteiger partial charge is 0.489 e. The number of halogens is 4. The van der Waals surface area contributed by atoms with Crippen molar-refractivity contribution in [1.82, 2.24) is 15.2 Å². The molecule has 3 N–H and O–H groups in total. The van der Waals surface area contributed by atoms with Gasteiger partial charge in [-0.2, -0.15) is 18.4 Å². The predicted molar refractivity (Wildman–Crippen MR) is 205 cm³/mol. The average Bonchev–Trinajstić information content (AvgIpc) is 3.20. The van der Waals surface area contributed by atoms with Gasteiger partial charge in [-0.05, 0) is 99.4 Å². The number of imide groups is 1. The van der Waals surface area contributed by atoms with Crippen molar-refractivity contribution in [3.8, 4) is 11.8 Å². The number of rotatable bonds is 10. The lowest BCUT2D eigenvalue weighted by Gasteiger charge is -2.38. The van der Waals surface area contributed by atoms with E-state index in [9.17, 15) is 27.6 Å². The van der Waals surface area contributed by atoms with E-state index in [4.69, 9.17) is 10.00 Å². The third kappa shape index (κ3) is 9.94. The number of nitrogens with zero attached hydrogens (tertiary/aromatic N) is 5. The van der Waals surface area contributed by atoms with E-state index in [2.05, 4.69) is 30.7 Å². The first-order chi connectivity index (χ1) is 27.4. The summed E-state index contributed by atoms with van der Waals surface area (Å²) in [4.78, 5) is 47.2. The molecule has 0 saturated carbocycles. The number of hydrogen-bond acceptors (Lipinski definition) is 10. The number of pyridine rings is 1. The predicted octanol–water partition coefficient (Wildman–Crippen LogP) is 5.94. The highest BCUT2D eigenvalue weighted by atomic mass is 19.4. The lowest BCUT2D eigenvalue weighted by molar-refractivity contribution is -0.138. The number of piperidine rings is 4. The zero-order chi connectivity index (χ0) is 40.1. The van der Waals surface area contributed by atoms with E-state index in [1.165, 1.54) is 18.2 Å². The van der Waals surface area contributed by atoms with Crippen molar-refractivity contribution >= 4 is 40.6 Å². The first-order valence-electron chi connectivity index (χ1n) is 19.6. The maximum atomic E-state index is 15.1. The molecule has 0 aliphatic carbocycles. The van der Waals surface area contributed by atoms with Crippen LogP contribution in [0.25, 0.3) is 0 Å². The van der Waals surface area contributed by atoms with Crippen LogP contribution < -0.4 is 30.5 Å². The van der Waals surface area contributed by atoms with E-state index >= 15 is 4.39 Å². The van der Waals surface area contributed by atoms with Crippen molar-refractivity contribution in [3.63, 3.8) is 0 Å². The maximum absolute atomic E-state index is 15.1. The summed E-state index contributed by atoms with van der Waals surface area (Å²) < 4.78 is 61.7. The summed E-state index contributed by atoms with van der Waals surface area (Å²) >= 11 is 0. The Morgan fingerprint density at radius 2 is 1.65 bits per heavy atom. The molecule has 4 aliphatic heterocycles. The maximum Gasteiger partial charge on any atom is 0.417 e. The number of nitriles is 1. The molecule has 1 atom stereocenters. The standard InChI is InChI=1S/C41H46F4N8O4/c42-34-21-29(48-35-5-8-38(54)50-40(35)56)2-6-36(34)53-17-9-26(10-18-53)25-51-15-13-31(14-16-51)57-32-4-7-37(47-24-32)49-39(55)27-11-19-52(20-12-27)30-3-1-28(23-46)33(22-30)41(43,44)45/h1-4,6-7,21-22,24,26-27,31,35,48H,5,8-20,25H2,(H,47,49,55)(H,50,54,56). The van der Waals surface area contributed by atoms with Crippen LogP contribution in [-0.2, 0) is 20.6 Å². The van der Waals surface area contributed by atoms with Crippen molar-refractivity contribution < 1.29 is 36.7 Å². The molecule has 57 heavy (non-hydrogen) atoms. The highest BCUT2D eigenvalue weighted by Crippen LogP contribution is 2.36. The number of aromatic nitrogens is 1. The van der Waals surface area contributed by atoms with Gasteiger partial charge < -0.3 is 30.1 Å².